The molecule has 0 spiro atoms. The van der Waals surface area contributed by atoms with Crippen LogP contribution >= 0.6 is 23.2 Å². The SMILES string of the molecule is CCCN(CCc1ccc(Cl)c(Cl)c1)CC(O)COc1ccc(NS(C)(=O)=O)cc1. The van der Waals surface area contributed by atoms with E-state index in [1.54, 1.807) is 30.3 Å². The molecule has 0 amide bonds. The van der Waals surface area contributed by atoms with Crippen molar-refractivity contribution in [2.75, 3.05) is 37.2 Å². The number of rotatable bonds is 12. The van der Waals surface area contributed by atoms with Gasteiger partial charge < -0.3 is 14.7 Å². The van der Waals surface area contributed by atoms with E-state index in [9.17, 15) is 13.5 Å². The molecule has 0 fully saturated rings. The Morgan fingerprint density at radius 1 is 1.10 bits per heavy atom. The van der Waals surface area contributed by atoms with Gasteiger partial charge in [-0.3, -0.25) is 4.72 Å². The minimum Gasteiger partial charge on any atom is -0.491 e. The first-order valence-corrected chi connectivity index (χ1v) is 12.4. The summed E-state index contributed by atoms with van der Waals surface area (Å²) in [5.74, 6) is 0.561. The predicted molar refractivity (Wildman–Crippen MR) is 123 cm³/mol. The largest absolute Gasteiger partial charge is 0.491 e. The first kappa shape index (κ1) is 24.8. The Kier molecular flexibility index (Phi) is 9.71. The third kappa shape index (κ3) is 9.10. The normalized spacial score (nSPS) is 12.7. The van der Waals surface area contributed by atoms with Gasteiger partial charge in [0, 0.05) is 18.8 Å². The van der Waals surface area contributed by atoms with E-state index in [2.05, 4.69) is 16.5 Å². The van der Waals surface area contributed by atoms with Crippen molar-refractivity contribution in [3.8, 4) is 5.75 Å². The van der Waals surface area contributed by atoms with Gasteiger partial charge >= 0.3 is 0 Å². The third-order valence-electron chi connectivity index (χ3n) is 4.31. The Bertz CT molecular complexity index is 908. The molecule has 1 unspecified atom stereocenters. The summed E-state index contributed by atoms with van der Waals surface area (Å²) in [6.07, 6.45) is 2.22. The molecule has 0 heterocycles. The van der Waals surface area contributed by atoms with Crippen molar-refractivity contribution in [3.05, 3.63) is 58.1 Å². The number of hydrogen-bond acceptors (Lipinski definition) is 5. The highest BCUT2D eigenvalue weighted by Crippen LogP contribution is 2.23. The van der Waals surface area contributed by atoms with E-state index >= 15 is 0 Å². The molecule has 1 atom stereocenters. The molecule has 0 aliphatic rings. The van der Waals surface area contributed by atoms with Crippen LogP contribution in [-0.4, -0.2) is 57.0 Å². The Morgan fingerprint density at radius 2 is 1.80 bits per heavy atom. The molecule has 166 valence electrons. The van der Waals surface area contributed by atoms with Crippen LogP contribution in [0.5, 0.6) is 5.75 Å². The van der Waals surface area contributed by atoms with Gasteiger partial charge in [-0.25, -0.2) is 8.42 Å². The van der Waals surface area contributed by atoms with E-state index in [0.717, 1.165) is 37.8 Å². The average Bonchev–Trinajstić information content (AvgIpc) is 2.67. The van der Waals surface area contributed by atoms with E-state index in [1.165, 1.54) is 0 Å². The standard InChI is InChI=1S/C21H28Cl2N2O4S/c1-3-11-25(12-10-16-4-9-20(22)21(23)13-16)14-18(26)15-29-19-7-5-17(6-8-19)24-30(2,27)28/h4-9,13,18,24,26H,3,10-12,14-15H2,1-2H3. The number of ether oxygens (including phenoxy) is 1. The zero-order chi connectivity index (χ0) is 22.1. The molecule has 2 N–H and O–H groups in total. The maximum Gasteiger partial charge on any atom is 0.229 e. The monoisotopic (exact) mass is 474 g/mol. The van der Waals surface area contributed by atoms with Crippen LogP contribution in [0.1, 0.15) is 18.9 Å². The molecule has 0 saturated carbocycles. The molecule has 0 aromatic heterocycles. The van der Waals surface area contributed by atoms with Crippen molar-refractivity contribution < 1.29 is 18.3 Å². The highest BCUT2D eigenvalue weighted by molar-refractivity contribution is 7.92. The highest BCUT2D eigenvalue weighted by Gasteiger charge is 2.13. The van der Waals surface area contributed by atoms with Crippen LogP contribution in [0.15, 0.2) is 42.5 Å². The molecule has 2 aromatic rings. The molecule has 0 aliphatic heterocycles. The second-order valence-electron chi connectivity index (χ2n) is 7.16. The van der Waals surface area contributed by atoms with Gasteiger partial charge in [0.2, 0.25) is 10.0 Å². The Balaban J connectivity index is 1.82. The van der Waals surface area contributed by atoms with Crippen LogP contribution < -0.4 is 9.46 Å². The number of nitrogens with zero attached hydrogens (tertiary/aromatic N) is 1. The van der Waals surface area contributed by atoms with Gasteiger partial charge in [0.05, 0.1) is 16.3 Å². The van der Waals surface area contributed by atoms with Gasteiger partial charge in [0.15, 0.2) is 0 Å². The summed E-state index contributed by atoms with van der Waals surface area (Å²) < 4.78 is 30.5. The first-order chi connectivity index (χ1) is 14.2. The van der Waals surface area contributed by atoms with Gasteiger partial charge in [0.1, 0.15) is 18.5 Å². The summed E-state index contributed by atoms with van der Waals surface area (Å²) in [5, 5.41) is 11.5. The van der Waals surface area contributed by atoms with Crippen molar-refractivity contribution in [1.82, 2.24) is 4.90 Å². The number of aliphatic hydroxyl groups is 1. The second-order valence-corrected chi connectivity index (χ2v) is 9.73. The first-order valence-electron chi connectivity index (χ1n) is 9.71. The van der Waals surface area contributed by atoms with Crippen molar-refractivity contribution in [3.63, 3.8) is 0 Å². The lowest BCUT2D eigenvalue weighted by molar-refractivity contribution is 0.0685. The Labute approximate surface area is 188 Å². The van der Waals surface area contributed by atoms with E-state index in [-0.39, 0.29) is 6.61 Å². The number of halogens is 2. The van der Waals surface area contributed by atoms with Crippen LogP contribution in [-0.2, 0) is 16.4 Å². The predicted octanol–water partition coefficient (Wildman–Crippen LogP) is 4.06. The highest BCUT2D eigenvalue weighted by atomic mass is 35.5. The number of sulfonamides is 1. The molecule has 0 aliphatic carbocycles. The fourth-order valence-electron chi connectivity index (χ4n) is 2.97. The number of benzene rings is 2. The van der Waals surface area contributed by atoms with Gasteiger partial charge in [-0.1, -0.05) is 36.2 Å². The fourth-order valence-corrected chi connectivity index (χ4v) is 3.85. The third-order valence-corrected chi connectivity index (χ3v) is 5.65. The number of hydrogen-bond donors (Lipinski definition) is 2. The van der Waals surface area contributed by atoms with Crippen molar-refractivity contribution in [2.45, 2.75) is 25.9 Å². The zero-order valence-corrected chi connectivity index (χ0v) is 19.5. The minimum atomic E-state index is -3.32. The molecule has 0 radical (unpaired) electrons. The minimum absolute atomic E-state index is 0.145. The number of aliphatic hydroxyl groups excluding tert-OH is 1. The molecular formula is C21H28Cl2N2O4S. The summed E-state index contributed by atoms with van der Waals surface area (Å²) in [5.41, 5.74) is 1.56. The smallest absolute Gasteiger partial charge is 0.229 e. The second kappa shape index (κ2) is 11.8. The van der Waals surface area contributed by atoms with Crippen LogP contribution in [0.3, 0.4) is 0 Å². The lowest BCUT2D eigenvalue weighted by atomic mass is 10.1. The van der Waals surface area contributed by atoms with Crippen molar-refractivity contribution in [2.24, 2.45) is 0 Å². The Hall–Kier alpha value is -1.51. The number of nitrogens with one attached hydrogen (secondary N) is 1. The molecule has 6 nitrogen and oxygen atoms in total. The van der Waals surface area contributed by atoms with E-state index < -0.39 is 16.1 Å². The summed E-state index contributed by atoms with van der Waals surface area (Å²) in [7, 11) is -3.32. The summed E-state index contributed by atoms with van der Waals surface area (Å²) in [6.45, 7) is 4.38. The van der Waals surface area contributed by atoms with Gasteiger partial charge in [-0.15, -0.1) is 0 Å². The van der Waals surface area contributed by atoms with Crippen molar-refractivity contribution in [1.29, 1.82) is 0 Å². The zero-order valence-electron chi connectivity index (χ0n) is 17.1. The van der Waals surface area contributed by atoms with Gasteiger partial charge in [-0.2, -0.15) is 0 Å². The maximum atomic E-state index is 11.2. The lowest BCUT2D eigenvalue weighted by Crippen LogP contribution is -2.37. The summed E-state index contributed by atoms with van der Waals surface area (Å²) in [6, 6.07) is 12.2. The van der Waals surface area contributed by atoms with E-state index in [4.69, 9.17) is 27.9 Å². The van der Waals surface area contributed by atoms with Crippen LogP contribution in [0.4, 0.5) is 5.69 Å². The summed E-state index contributed by atoms with van der Waals surface area (Å²) >= 11 is 12.0. The fraction of sp³-hybridized carbons (Fsp3) is 0.429. The summed E-state index contributed by atoms with van der Waals surface area (Å²) in [4.78, 5) is 2.19. The van der Waals surface area contributed by atoms with E-state index in [0.29, 0.717) is 28.0 Å². The van der Waals surface area contributed by atoms with Crippen LogP contribution in [0, 0.1) is 0 Å². The molecule has 2 aromatic carbocycles. The topological polar surface area (TPSA) is 78.9 Å². The van der Waals surface area contributed by atoms with Crippen LogP contribution in [0.2, 0.25) is 10.0 Å². The quantitative estimate of drug-likeness (QED) is 0.484. The molecular weight excluding hydrogens is 447 g/mol. The molecule has 9 heteroatoms. The maximum absolute atomic E-state index is 11.2. The van der Waals surface area contributed by atoms with Crippen molar-refractivity contribution >= 4 is 38.9 Å². The van der Waals surface area contributed by atoms with Gasteiger partial charge in [-0.05, 0) is 61.3 Å². The van der Waals surface area contributed by atoms with Gasteiger partial charge in [0.25, 0.3) is 0 Å². The van der Waals surface area contributed by atoms with Crippen LogP contribution in [0.25, 0.3) is 0 Å². The lowest BCUT2D eigenvalue weighted by Gasteiger charge is -2.25. The molecule has 0 bridgehead atoms. The molecule has 0 saturated heterocycles. The molecule has 2 rings (SSSR count). The molecule has 30 heavy (non-hydrogen) atoms. The Morgan fingerprint density at radius 3 is 2.40 bits per heavy atom. The van der Waals surface area contributed by atoms with E-state index in [1.807, 2.05) is 12.1 Å². The number of anilines is 1. The average molecular weight is 475 g/mol.